The van der Waals surface area contributed by atoms with E-state index in [-0.39, 0.29) is 0 Å². The van der Waals surface area contributed by atoms with Crippen molar-refractivity contribution in [1.29, 1.82) is 0 Å². The van der Waals surface area contributed by atoms with Crippen molar-refractivity contribution in [3.05, 3.63) is 103 Å². The maximum atomic E-state index is 10.9. The van der Waals surface area contributed by atoms with Gasteiger partial charge in [-0.25, -0.2) is 0 Å². The number of rotatable bonds is 11. The Labute approximate surface area is 217 Å². The number of aromatic amines is 1. The van der Waals surface area contributed by atoms with E-state index in [1.807, 2.05) is 72.8 Å². The van der Waals surface area contributed by atoms with E-state index in [1.54, 1.807) is 14.0 Å². The summed E-state index contributed by atoms with van der Waals surface area (Å²) in [5, 5.41) is 13.0. The summed E-state index contributed by atoms with van der Waals surface area (Å²) in [6.45, 7) is 3.29. The second-order valence-corrected chi connectivity index (χ2v) is 9.05. The molecule has 1 aromatic heterocycles. The summed E-state index contributed by atoms with van der Waals surface area (Å²) in [6, 6.07) is 31.9. The molecule has 0 amide bonds. The minimum atomic E-state index is -0.754. The molecule has 1 heterocycles. The lowest BCUT2D eigenvalue weighted by Gasteiger charge is -2.34. The van der Waals surface area contributed by atoms with Crippen LogP contribution in [0.3, 0.4) is 0 Å². The number of ether oxygens (including phenoxy) is 3. The number of fused-ring (bicyclic) bond motifs is 3. The molecule has 0 saturated heterocycles. The third kappa shape index (κ3) is 5.56. The minimum absolute atomic E-state index is 0.400. The number of hydrogen-bond donors (Lipinski definition) is 2. The van der Waals surface area contributed by atoms with E-state index in [0.29, 0.717) is 31.2 Å². The van der Waals surface area contributed by atoms with Crippen molar-refractivity contribution in [1.82, 2.24) is 9.88 Å². The molecule has 2 unspecified atom stereocenters. The predicted molar refractivity (Wildman–Crippen MR) is 147 cm³/mol. The molecule has 5 rings (SSSR count). The standard InChI is InChI=1S/C31H32N2O4/c1-22(34)31(37-29-18-10-15-26-30(29)24-13-6-7-14-25(24)32-26)33(21-23-11-4-3-5-12-23)19-20-36-28-17-9-8-16-27(28)35-2/h3-18,22,31-32,34H,19-21H2,1-2H3. The maximum Gasteiger partial charge on any atom is 0.178 e. The molecule has 0 bridgehead atoms. The molecule has 6 nitrogen and oxygen atoms in total. The number of aliphatic hydroxyl groups excluding tert-OH is 1. The second kappa shape index (κ2) is 11.4. The van der Waals surface area contributed by atoms with Crippen LogP contribution in [0.4, 0.5) is 0 Å². The molecule has 5 aromatic rings. The molecular weight excluding hydrogens is 464 g/mol. The van der Waals surface area contributed by atoms with E-state index in [0.717, 1.165) is 33.1 Å². The number of H-pyrrole nitrogens is 1. The van der Waals surface area contributed by atoms with Crippen molar-refractivity contribution in [2.75, 3.05) is 20.3 Å². The van der Waals surface area contributed by atoms with Gasteiger partial charge in [-0.1, -0.05) is 66.7 Å². The first-order valence-electron chi connectivity index (χ1n) is 12.5. The van der Waals surface area contributed by atoms with Crippen molar-refractivity contribution < 1.29 is 19.3 Å². The Bertz CT molecular complexity index is 1450. The Morgan fingerprint density at radius 1 is 0.784 bits per heavy atom. The quantitative estimate of drug-likeness (QED) is 0.220. The van der Waals surface area contributed by atoms with Gasteiger partial charge < -0.3 is 24.3 Å². The normalized spacial score (nSPS) is 13.1. The van der Waals surface area contributed by atoms with E-state index >= 15 is 0 Å². The summed E-state index contributed by atoms with van der Waals surface area (Å²) in [4.78, 5) is 5.58. The molecule has 0 spiro atoms. The summed E-state index contributed by atoms with van der Waals surface area (Å²) < 4.78 is 18.1. The molecule has 37 heavy (non-hydrogen) atoms. The molecule has 0 saturated carbocycles. The molecule has 0 aliphatic rings. The van der Waals surface area contributed by atoms with Crippen LogP contribution in [0.15, 0.2) is 97.1 Å². The summed E-state index contributed by atoms with van der Waals surface area (Å²) in [5.74, 6) is 2.10. The van der Waals surface area contributed by atoms with Crippen LogP contribution in [0.5, 0.6) is 17.2 Å². The Morgan fingerprint density at radius 2 is 1.46 bits per heavy atom. The van der Waals surface area contributed by atoms with Crippen molar-refractivity contribution in [2.45, 2.75) is 25.8 Å². The third-order valence-electron chi connectivity index (χ3n) is 6.45. The predicted octanol–water partition coefficient (Wildman–Crippen LogP) is 6.00. The highest BCUT2D eigenvalue weighted by molar-refractivity contribution is 6.10. The molecule has 6 heteroatoms. The number of aliphatic hydroxyl groups is 1. The van der Waals surface area contributed by atoms with Crippen LogP contribution in [-0.4, -0.2) is 47.6 Å². The topological polar surface area (TPSA) is 67.0 Å². The highest BCUT2D eigenvalue weighted by atomic mass is 16.5. The van der Waals surface area contributed by atoms with Crippen LogP contribution in [0.1, 0.15) is 12.5 Å². The lowest BCUT2D eigenvalue weighted by molar-refractivity contribution is -0.0654. The van der Waals surface area contributed by atoms with Gasteiger partial charge in [-0.3, -0.25) is 4.90 Å². The van der Waals surface area contributed by atoms with Crippen LogP contribution in [0, 0.1) is 0 Å². The van der Waals surface area contributed by atoms with Crippen LogP contribution < -0.4 is 14.2 Å². The average Bonchev–Trinajstić information content (AvgIpc) is 3.31. The number of para-hydroxylation sites is 3. The number of nitrogens with zero attached hydrogens (tertiary/aromatic N) is 1. The average molecular weight is 497 g/mol. The molecule has 0 fully saturated rings. The second-order valence-electron chi connectivity index (χ2n) is 9.05. The van der Waals surface area contributed by atoms with Gasteiger partial charge in [-0.15, -0.1) is 0 Å². The fourth-order valence-corrected chi connectivity index (χ4v) is 4.70. The largest absolute Gasteiger partial charge is 0.493 e. The zero-order valence-electron chi connectivity index (χ0n) is 21.1. The first-order chi connectivity index (χ1) is 18.1. The van der Waals surface area contributed by atoms with Gasteiger partial charge >= 0.3 is 0 Å². The van der Waals surface area contributed by atoms with Gasteiger partial charge in [-0.05, 0) is 42.8 Å². The van der Waals surface area contributed by atoms with Crippen molar-refractivity contribution in [3.63, 3.8) is 0 Å². The maximum absolute atomic E-state index is 10.9. The molecule has 0 radical (unpaired) electrons. The van der Waals surface area contributed by atoms with Crippen LogP contribution in [-0.2, 0) is 6.54 Å². The van der Waals surface area contributed by atoms with Crippen LogP contribution >= 0.6 is 0 Å². The van der Waals surface area contributed by atoms with Gasteiger partial charge in [-0.2, -0.15) is 0 Å². The van der Waals surface area contributed by atoms with E-state index < -0.39 is 12.3 Å². The zero-order valence-corrected chi connectivity index (χ0v) is 21.1. The fourth-order valence-electron chi connectivity index (χ4n) is 4.70. The first kappa shape index (κ1) is 24.7. The molecule has 0 aliphatic heterocycles. The molecule has 190 valence electrons. The van der Waals surface area contributed by atoms with Crippen LogP contribution in [0.2, 0.25) is 0 Å². The summed E-state index contributed by atoms with van der Waals surface area (Å²) in [5.41, 5.74) is 3.17. The number of benzene rings is 4. The van der Waals surface area contributed by atoms with Crippen molar-refractivity contribution in [3.8, 4) is 17.2 Å². The van der Waals surface area contributed by atoms with E-state index in [4.69, 9.17) is 14.2 Å². The third-order valence-corrected chi connectivity index (χ3v) is 6.45. The number of hydrogen-bond acceptors (Lipinski definition) is 5. The highest BCUT2D eigenvalue weighted by Crippen LogP contribution is 2.34. The molecule has 2 atom stereocenters. The lowest BCUT2D eigenvalue weighted by Crippen LogP contribution is -2.47. The van der Waals surface area contributed by atoms with Crippen molar-refractivity contribution in [2.24, 2.45) is 0 Å². The molecule has 0 aliphatic carbocycles. The summed E-state index contributed by atoms with van der Waals surface area (Å²) >= 11 is 0. The molecule has 2 N–H and O–H groups in total. The Morgan fingerprint density at radius 3 is 2.24 bits per heavy atom. The highest BCUT2D eigenvalue weighted by Gasteiger charge is 2.27. The van der Waals surface area contributed by atoms with E-state index in [2.05, 4.69) is 34.1 Å². The monoisotopic (exact) mass is 496 g/mol. The number of methoxy groups -OCH3 is 1. The SMILES string of the molecule is COc1ccccc1OCCN(Cc1ccccc1)C(Oc1cccc2[nH]c3ccccc3c12)C(C)O. The number of aromatic nitrogens is 1. The molecular formula is C31H32N2O4. The van der Waals surface area contributed by atoms with Crippen molar-refractivity contribution >= 4 is 21.8 Å². The summed E-state index contributed by atoms with van der Waals surface area (Å²) in [6.07, 6.45) is -1.35. The van der Waals surface area contributed by atoms with Gasteiger partial charge in [0.05, 0.1) is 12.6 Å². The Kier molecular flexibility index (Phi) is 7.59. The van der Waals surface area contributed by atoms with Crippen LogP contribution in [0.25, 0.3) is 21.8 Å². The fraction of sp³-hybridized carbons (Fsp3) is 0.226. The van der Waals surface area contributed by atoms with Gasteiger partial charge in [0.15, 0.2) is 17.7 Å². The van der Waals surface area contributed by atoms with E-state index in [1.165, 1.54) is 0 Å². The van der Waals surface area contributed by atoms with Gasteiger partial charge in [0.1, 0.15) is 18.5 Å². The smallest absolute Gasteiger partial charge is 0.178 e. The lowest BCUT2D eigenvalue weighted by atomic mass is 10.1. The molecule has 4 aromatic carbocycles. The minimum Gasteiger partial charge on any atom is -0.493 e. The van der Waals surface area contributed by atoms with Gasteiger partial charge in [0.2, 0.25) is 0 Å². The van der Waals surface area contributed by atoms with E-state index in [9.17, 15) is 5.11 Å². The Balaban J connectivity index is 1.43. The first-order valence-corrected chi connectivity index (χ1v) is 12.5. The van der Waals surface area contributed by atoms with Gasteiger partial charge in [0, 0.05) is 29.4 Å². The summed E-state index contributed by atoms with van der Waals surface area (Å²) in [7, 11) is 1.63. The zero-order chi connectivity index (χ0) is 25.6. The number of nitrogens with one attached hydrogen (secondary N) is 1. The van der Waals surface area contributed by atoms with Gasteiger partial charge in [0.25, 0.3) is 0 Å². The Hall–Kier alpha value is -4.00.